The summed E-state index contributed by atoms with van der Waals surface area (Å²) >= 11 is 0. The van der Waals surface area contributed by atoms with E-state index in [0.29, 0.717) is 0 Å². The number of benzene rings is 1. The van der Waals surface area contributed by atoms with Crippen molar-refractivity contribution in [3.63, 3.8) is 0 Å². The fourth-order valence-electron chi connectivity index (χ4n) is 2.24. The molecule has 0 bridgehead atoms. The summed E-state index contributed by atoms with van der Waals surface area (Å²) < 4.78 is 0. The lowest BCUT2D eigenvalue weighted by Crippen LogP contribution is -2.46. The molecule has 0 spiro atoms. The second-order valence-electron chi connectivity index (χ2n) is 5.04. The van der Waals surface area contributed by atoms with Crippen LogP contribution in [0.2, 0.25) is 0 Å². The highest BCUT2D eigenvalue weighted by atomic mass is 15.1. The summed E-state index contributed by atoms with van der Waals surface area (Å²) in [6.07, 6.45) is 0. The lowest BCUT2D eigenvalue weighted by molar-refractivity contribution is 0.204. The highest BCUT2D eigenvalue weighted by Crippen LogP contribution is 2.29. The first-order chi connectivity index (χ1) is 6.84. The number of likely N-dealkylation sites (N-methyl/N-ethyl adjacent to an activating group) is 1. The van der Waals surface area contributed by atoms with Crippen molar-refractivity contribution in [2.24, 2.45) is 5.73 Å². The topological polar surface area (TPSA) is 29.3 Å². The highest BCUT2D eigenvalue weighted by molar-refractivity contribution is 5.30. The first-order valence-corrected chi connectivity index (χ1v) is 5.35. The van der Waals surface area contributed by atoms with Crippen LogP contribution in [0, 0.1) is 6.92 Å². The zero-order chi connectivity index (χ0) is 11.6. The molecule has 0 amide bonds. The van der Waals surface area contributed by atoms with Crippen molar-refractivity contribution >= 4 is 0 Å². The lowest BCUT2D eigenvalue weighted by Gasteiger charge is -2.37. The quantitative estimate of drug-likeness (QED) is 0.822. The maximum absolute atomic E-state index is 6.24. The van der Waals surface area contributed by atoms with Crippen molar-refractivity contribution in [2.45, 2.75) is 32.4 Å². The van der Waals surface area contributed by atoms with Crippen LogP contribution in [0.25, 0.3) is 0 Å². The summed E-state index contributed by atoms with van der Waals surface area (Å²) in [7, 11) is 4.15. The van der Waals surface area contributed by atoms with Gasteiger partial charge in [0.25, 0.3) is 0 Å². The standard InChI is InChI=1S/C13H22N2/c1-10-8-6-7-9-11(10)12(15(4)5)13(2,3)14/h6-9,12H,14H2,1-5H3. The molecule has 0 fully saturated rings. The molecular weight excluding hydrogens is 184 g/mol. The molecule has 0 aromatic heterocycles. The molecule has 2 N–H and O–H groups in total. The summed E-state index contributed by atoms with van der Waals surface area (Å²) in [5.74, 6) is 0. The third-order valence-electron chi connectivity index (χ3n) is 2.70. The summed E-state index contributed by atoms with van der Waals surface area (Å²) in [5, 5.41) is 0. The summed E-state index contributed by atoms with van der Waals surface area (Å²) in [4.78, 5) is 2.18. The minimum Gasteiger partial charge on any atom is -0.324 e. The number of nitrogens with zero attached hydrogens (tertiary/aromatic N) is 1. The Bertz CT molecular complexity index is 324. The normalized spacial score (nSPS) is 14.3. The van der Waals surface area contributed by atoms with Gasteiger partial charge in [0.1, 0.15) is 0 Å². The molecule has 2 nitrogen and oxygen atoms in total. The van der Waals surface area contributed by atoms with E-state index in [2.05, 4.69) is 64.0 Å². The van der Waals surface area contributed by atoms with Crippen LogP contribution in [0.15, 0.2) is 24.3 Å². The molecule has 0 heterocycles. The van der Waals surface area contributed by atoms with E-state index < -0.39 is 0 Å². The van der Waals surface area contributed by atoms with E-state index in [1.54, 1.807) is 0 Å². The van der Waals surface area contributed by atoms with E-state index in [1.165, 1.54) is 11.1 Å². The molecule has 0 saturated carbocycles. The molecule has 0 aliphatic carbocycles. The Kier molecular flexibility index (Phi) is 3.53. The van der Waals surface area contributed by atoms with Gasteiger partial charge in [0, 0.05) is 5.54 Å². The molecule has 84 valence electrons. The minimum absolute atomic E-state index is 0.240. The van der Waals surface area contributed by atoms with Crippen LogP contribution in [0.5, 0.6) is 0 Å². The molecule has 1 aromatic rings. The van der Waals surface area contributed by atoms with Gasteiger partial charge >= 0.3 is 0 Å². The van der Waals surface area contributed by atoms with Gasteiger partial charge < -0.3 is 10.6 Å². The molecule has 1 aromatic carbocycles. The fraction of sp³-hybridized carbons (Fsp3) is 0.538. The Hall–Kier alpha value is -0.860. The van der Waals surface area contributed by atoms with Gasteiger partial charge in [-0.05, 0) is 46.0 Å². The van der Waals surface area contributed by atoms with Crippen molar-refractivity contribution in [1.29, 1.82) is 0 Å². The Balaban J connectivity index is 3.17. The van der Waals surface area contributed by atoms with E-state index in [1.807, 2.05) is 0 Å². The van der Waals surface area contributed by atoms with Gasteiger partial charge in [-0.15, -0.1) is 0 Å². The lowest BCUT2D eigenvalue weighted by atomic mass is 9.86. The van der Waals surface area contributed by atoms with E-state index in [4.69, 9.17) is 5.73 Å². The molecular formula is C13H22N2. The van der Waals surface area contributed by atoms with Crippen molar-refractivity contribution in [3.05, 3.63) is 35.4 Å². The number of aryl methyl sites for hydroxylation is 1. The second-order valence-corrected chi connectivity index (χ2v) is 5.04. The first kappa shape index (κ1) is 12.2. The van der Waals surface area contributed by atoms with Crippen LogP contribution >= 0.6 is 0 Å². The van der Waals surface area contributed by atoms with E-state index in [0.717, 1.165) is 0 Å². The molecule has 0 aliphatic heterocycles. The Labute approximate surface area is 93.1 Å². The van der Waals surface area contributed by atoms with Gasteiger partial charge in [0.05, 0.1) is 6.04 Å². The maximum Gasteiger partial charge on any atom is 0.0520 e. The van der Waals surface area contributed by atoms with Crippen LogP contribution in [0.4, 0.5) is 0 Å². The maximum atomic E-state index is 6.24. The predicted molar refractivity (Wildman–Crippen MR) is 65.9 cm³/mol. The second kappa shape index (κ2) is 4.33. The summed E-state index contributed by atoms with van der Waals surface area (Å²) in [5.41, 5.74) is 8.61. The Morgan fingerprint density at radius 3 is 2.13 bits per heavy atom. The molecule has 0 saturated heterocycles. The molecule has 0 aliphatic rings. The predicted octanol–water partition coefficient (Wildman–Crippen LogP) is 2.34. The van der Waals surface area contributed by atoms with Crippen LogP contribution in [0.3, 0.4) is 0 Å². The Morgan fingerprint density at radius 2 is 1.73 bits per heavy atom. The zero-order valence-corrected chi connectivity index (χ0v) is 10.4. The summed E-state index contributed by atoms with van der Waals surface area (Å²) in [6.45, 7) is 6.28. The zero-order valence-electron chi connectivity index (χ0n) is 10.4. The van der Waals surface area contributed by atoms with Crippen LogP contribution in [-0.4, -0.2) is 24.5 Å². The third kappa shape index (κ3) is 2.80. The smallest absolute Gasteiger partial charge is 0.0520 e. The van der Waals surface area contributed by atoms with Crippen molar-refractivity contribution in [3.8, 4) is 0 Å². The van der Waals surface area contributed by atoms with Crippen molar-refractivity contribution in [1.82, 2.24) is 4.90 Å². The van der Waals surface area contributed by atoms with Gasteiger partial charge in [-0.25, -0.2) is 0 Å². The molecule has 15 heavy (non-hydrogen) atoms. The minimum atomic E-state index is -0.240. The van der Waals surface area contributed by atoms with Crippen LogP contribution in [0.1, 0.15) is 31.0 Å². The Morgan fingerprint density at radius 1 is 1.20 bits per heavy atom. The van der Waals surface area contributed by atoms with Crippen LogP contribution in [-0.2, 0) is 0 Å². The molecule has 1 rings (SSSR count). The van der Waals surface area contributed by atoms with Gasteiger partial charge in [-0.3, -0.25) is 0 Å². The van der Waals surface area contributed by atoms with Crippen molar-refractivity contribution < 1.29 is 0 Å². The van der Waals surface area contributed by atoms with Crippen LogP contribution < -0.4 is 5.73 Å². The molecule has 1 unspecified atom stereocenters. The number of nitrogens with two attached hydrogens (primary N) is 1. The molecule has 1 atom stereocenters. The molecule has 0 radical (unpaired) electrons. The van der Waals surface area contributed by atoms with E-state index in [-0.39, 0.29) is 11.6 Å². The molecule has 2 heteroatoms. The number of hydrogen-bond acceptors (Lipinski definition) is 2. The van der Waals surface area contributed by atoms with E-state index in [9.17, 15) is 0 Å². The average molecular weight is 206 g/mol. The summed E-state index contributed by atoms with van der Waals surface area (Å²) in [6, 6.07) is 8.69. The van der Waals surface area contributed by atoms with Gasteiger partial charge in [-0.2, -0.15) is 0 Å². The van der Waals surface area contributed by atoms with Gasteiger partial charge in [0.15, 0.2) is 0 Å². The van der Waals surface area contributed by atoms with Gasteiger partial charge in [-0.1, -0.05) is 24.3 Å². The highest BCUT2D eigenvalue weighted by Gasteiger charge is 2.29. The largest absolute Gasteiger partial charge is 0.324 e. The number of hydrogen-bond donors (Lipinski definition) is 1. The average Bonchev–Trinajstić information content (AvgIpc) is 2.05. The van der Waals surface area contributed by atoms with Crippen molar-refractivity contribution in [2.75, 3.05) is 14.1 Å². The first-order valence-electron chi connectivity index (χ1n) is 5.35. The SMILES string of the molecule is Cc1ccccc1C(N(C)C)C(C)(C)N. The van der Waals surface area contributed by atoms with Gasteiger partial charge in [0.2, 0.25) is 0 Å². The fourth-order valence-corrected chi connectivity index (χ4v) is 2.24. The van der Waals surface area contributed by atoms with E-state index >= 15 is 0 Å². The monoisotopic (exact) mass is 206 g/mol. The third-order valence-corrected chi connectivity index (χ3v) is 2.70. The number of rotatable bonds is 3.